The van der Waals surface area contributed by atoms with Crippen LogP contribution in [0.3, 0.4) is 0 Å². The Labute approximate surface area is 215 Å². The third kappa shape index (κ3) is 4.64. The first kappa shape index (κ1) is 24.8. The van der Waals surface area contributed by atoms with Gasteiger partial charge < -0.3 is 20.5 Å². The zero-order chi connectivity index (χ0) is 26.3. The Morgan fingerprint density at radius 3 is 2.78 bits per heavy atom. The highest BCUT2D eigenvalue weighted by atomic mass is 35.5. The van der Waals surface area contributed by atoms with E-state index in [0.717, 1.165) is 12.3 Å². The summed E-state index contributed by atoms with van der Waals surface area (Å²) in [6, 6.07) is 3.94. The molecule has 3 N–H and O–H groups in total. The molecule has 2 aliphatic heterocycles. The van der Waals surface area contributed by atoms with Crippen molar-refractivity contribution in [3.8, 4) is 0 Å². The molecule has 4 heterocycles. The molecule has 37 heavy (non-hydrogen) atoms. The molecule has 0 spiro atoms. The Balaban J connectivity index is 1.73. The number of alkyl carbamates (subject to hydrolysis) is 1. The number of hydrogen-bond donors (Lipinski definition) is 3. The van der Waals surface area contributed by atoms with Gasteiger partial charge in [-0.1, -0.05) is 17.7 Å². The van der Waals surface area contributed by atoms with Crippen LogP contribution < -0.4 is 10.6 Å². The number of carboxylic acid groups (broad SMARTS) is 1. The van der Waals surface area contributed by atoms with E-state index in [-0.39, 0.29) is 34.2 Å². The number of aliphatic imine (C=N–C) groups is 1. The van der Waals surface area contributed by atoms with Gasteiger partial charge in [0, 0.05) is 46.1 Å². The first-order chi connectivity index (χ1) is 17.7. The molecule has 0 saturated carbocycles. The first-order valence-electron chi connectivity index (χ1n) is 10.6. The number of amides is 1. The van der Waals surface area contributed by atoms with Crippen molar-refractivity contribution < 1.29 is 32.6 Å². The lowest BCUT2D eigenvalue weighted by molar-refractivity contribution is -0.144. The molecule has 10 nitrogen and oxygen atoms in total. The van der Waals surface area contributed by atoms with Gasteiger partial charge in [-0.05, 0) is 18.2 Å². The van der Waals surface area contributed by atoms with Crippen LogP contribution in [0.4, 0.5) is 18.0 Å². The molecule has 0 aliphatic carbocycles. The van der Waals surface area contributed by atoms with Gasteiger partial charge in [0.25, 0.3) is 0 Å². The van der Waals surface area contributed by atoms with Gasteiger partial charge in [-0.25, -0.2) is 23.6 Å². The van der Waals surface area contributed by atoms with Gasteiger partial charge >= 0.3 is 18.6 Å². The Morgan fingerprint density at radius 2 is 2.19 bits per heavy atom. The fraction of sp³-hybridized carbons (Fsp3) is 0.227. The van der Waals surface area contributed by atoms with Crippen LogP contribution in [0.25, 0.3) is 5.57 Å². The molecular weight excluding hydrogens is 537 g/mol. The number of halogens is 4. The van der Waals surface area contributed by atoms with Crippen molar-refractivity contribution in [1.82, 2.24) is 25.4 Å². The highest BCUT2D eigenvalue weighted by Crippen LogP contribution is 2.42. The molecule has 1 saturated heterocycles. The lowest BCUT2D eigenvalue weighted by Crippen LogP contribution is -2.52. The Kier molecular flexibility index (Phi) is 6.37. The predicted octanol–water partition coefficient (Wildman–Crippen LogP) is 3.98. The second-order valence-electron chi connectivity index (χ2n) is 8.12. The average Bonchev–Trinajstić information content (AvgIpc) is 3.60. The molecule has 2 aliphatic rings. The molecule has 2 atom stereocenters. The number of nitrogens with one attached hydrogen (secondary N) is 2. The maximum absolute atomic E-state index is 13.9. The summed E-state index contributed by atoms with van der Waals surface area (Å²) in [4.78, 5) is 33.0. The van der Waals surface area contributed by atoms with E-state index < -0.39 is 42.6 Å². The van der Waals surface area contributed by atoms with E-state index in [1.165, 1.54) is 35.7 Å². The summed E-state index contributed by atoms with van der Waals surface area (Å²) in [6.45, 7) is -3.43. The topological polar surface area (TPSA) is 131 Å². The molecule has 1 aromatic carbocycles. The average molecular weight is 553 g/mol. The lowest BCUT2D eigenvalue weighted by Gasteiger charge is -2.31. The zero-order valence-electron chi connectivity index (χ0n) is 18.5. The number of hydrogen-bond acceptors (Lipinski definition) is 8. The van der Waals surface area contributed by atoms with Crippen LogP contribution in [0.1, 0.15) is 35.3 Å². The van der Waals surface area contributed by atoms with Crippen molar-refractivity contribution in [2.45, 2.75) is 24.6 Å². The summed E-state index contributed by atoms with van der Waals surface area (Å²) in [5.41, 5.74) is -1.12. The van der Waals surface area contributed by atoms with E-state index in [1.807, 2.05) is 0 Å². The third-order valence-electron chi connectivity index (χ3n) is 5.78. The van der Waals surface area contributed by atoms with Crippen LogP contribution in [-0.4, -0.2) is 49.9 Å². The van der Waals surface area contributed by atoms with Gasteiger partial charge in [0.2, 0.25) is 0 Å². The number of carbonyl (C=O) groups excluding carboxylic acids is 1. The van der Waals surface area contributed by atoms with E-state index in [0.29, 0.717) is 15.3 Å². The number of carbonyl (C=O) groups is 2. The number of aromatic nitrogens is 3. The molecule has 192 valence electrons. The van der Waals surface area contributed by atoms with Gasteiger partial charge in [0.05, 0.1) is 5.69 Å². The minimum atomic E-state index is -2.94. The predicted molar refractivity (Wildman–Crippen MR) is 126 cm³/mol. The summed E-state index contributed by atoms with van der Waals surface area (Å²) < 4.78 is 46.0. The number of carboxylic acids is 1. The summed E-state index contributed by atoms with van der Waals surface area (Å²) in [5, 5.41) is 21.5. The highest BCUT2D eigenvalue weighted by Gasteiger charge is 2.49. The second-order valence-corrected chi connectivity index (χ2v) is 9.43. The van der Waals surface area contributed by atoms with Crippen LogP contribution >= 0.6 is 22.9 Å². The zero-order valence-corrected chi connectivity index (χ0v) is 20.1. The molecule has 0 radical (unpaired) electrons. The minimum absolute atomic E-state index is 0.00438. The third-order valence-corrected chi connectivity index (χ3v) is 6.89. The van der Waals surface area contributed by atoms with Gasteiger partial charge in [0.15, 0.2) is 16.4 Å². The number of aliphatic carboxylic acids is 1. The van der Waals surface area contributed by atoms with Crippen LogP contribution in [-0.2, 0) is 9.53 Å². The quantitative estimate of drug-likeness (QED) is 0.404. The number of nitrogens with zero attached hydrogens (tertiary/aromatic N) is 4. The van der Waals surface area contributed by atoms with Crippen LogP contribution in [0.15, 0.2) is 52.7 Å². The Hall–Kier alpha value is -3.91. The summed E-state index contributed by atoms with van der Waals surface area (Å²) in [6.07, 6.45) is 1.32. The molecule has 0 bridgehead atoms. The van der Waals surface area contributed by atoms with Crippen molar-refractivity contribution in [1.29, 1.82) is 0 Å². The van der Waals surface area contributed by atoms with Crippen LogP contribution in [0, 0.1) is 5.82 Å². The van der Waals surface area contributed by atoms with Crippen molar-refractivity contribution in [3.63, 3.8) is 0 Å². The van der Waals surface area contributed by atoms with Gasteiger partial charge in [-0.3, -0.25) is 4.99 Å². The van der Waals surface area contributed by atoms with E-state index in [4.69, 9.17) is 21.3 Å². The van der Waals surface area contributed by atoms with Gasteiger partial charge in [-0.15, -0.1) is 11.3 Å². The molecule has 3 aromatic rings. The summed E-state index contributed by atoms with van der Waals surface area (Å²) >= 11 is 7.62. The maximum atomic E-state index is 13.9. The molecule has 5 rings (SSSR count). The number of thiazole rings is 1. The second kappa shape index (κ2) is 9.52. The summed E-state index contributed by atoms with van der Waals surface area (Å²) in [7, 11) is 0. The number of alkyl halides is 2. The van der Waals surface area contributed by atoms with E-state index in [1.54, 1.807) is 5.38 Å². The monoisotopic (exact) mass is 552 g/mol. The van der Waals surface area contributed by atoms with Crippen LogP contribution in [0.5, 0.6) is 0 Å². The molecule has 1 fully saturated rings. The number of rotatable bonds is 7. The molecule has 15 heteroatoms. The molecule has 0 unspecified atom stereocenters. The van der Waals surface area contributed by atoms with Crippen molar-refractivity contribution in [2.24, 2.45) is 4.99 Å². The fourth-order valence-corrected chi connectivity index (χ4v) is 4.93. The number of benzene rings is 1. The maximum Gasteiger partial charge on any atom is 0.408 e. The van der Waals surface area contributed by atoms with Crippen molar-refractivity contribution in [2.75, 3.05) is 6.61 Å². The van der Waals surface area contributed by atoms with E-state index in [9.17, 15) is 27.9 Å². The lowest BCUT2D eigenvalue weighted by atomic mass is 9.87. The fourth-order valence-electron chi connectivity index (χ4n) is 4.07. The van der Waals surface area contributed by atoms with Crippen LogP contribution in [0.2, 0.25) is 5.02 Å². The normalized spacial score (nSPS) is 21.5. The van der Waals surface area contributed by atoms with E-state index >= 15 is 0 Å². The first-order valence-corrected chi connectivity index (χ1v) is 11.9. The Bertz CT molecular complexity index is 1440. The smallest absolute Gasteiger partial charge is 0.408 e. The molecular formula is C22H16ClF3N6O4S. The molecule has 2 aromatic heterocycles. The van der Waals surface area contributed by atoms with Crippen molar-refractivity contribution >= 4 is 46.4 Å². The highest BCUT2D eigenvalue weighted by molar-refractivity contribution is 7.11. The number of ether oxygens (including phenoxy) is 1. The summed E-state index contributed by atoms with van der Waals surface area (Å²) in [5.74, 6) is -1.74. The largest absolute Gasteiger partial charge is 0.479 e. The van der Waals surface area contributed by atoms with Gasteiger partial charge in [-0.2, -0.15) is 13.9 Å². The number of cyclic esters (lactones) is 1. The minimum Gasteiger partial charge on any atom is -0.479 e. The van der Waals surface area contributed by atoms with Gasteiger partial charge in [0.1, 0.15) is 18.5 Å². The van der Waals surface area contributed by atoms with Crippen molar-refractivity contribution in [3.05, 3.63) is 74.8 Å². The van der Waals surface area contributed by atoms with E-state index in [2.05, 4.69) is 20.7 Å². The molecule has 1 amide bonds. The SMILES string of the molecule is O=C1N[C@@](CC2=C(c3ccn(C(F)F)n3)[C@H](c3ccc(F)cc3Cl)N=C(c3nccs3)N2)(C(=O)O)CO1. The standard InChI is InChI=1S/C22H16ClF3N6O4S/c23-12-7-10(24)1-2-11(12)16-15(13-3-5-32(31-13)20(25)26)14(28-17(29-16)18-27-4-6-37-18)8-22(19(33)34)9-36-21(35)30-22/h1-7,16,20H,8-9H2,(H,28,29)(H,30,35)(H,33,34)/t16-,22+/m0/s1. The number of amidine groups is 1. The Morgan fingerprint density at radius 1 is 1.38 bits per heavy atom.